The van der Waals surface area contributed by atoms with E-state index < -0.39 is 0 Å². The number of amides is 2. The summed E-state index contributed by atoms with van der Waals surface area (Å²) in [6, 6.07) is 17.0. The van der Waals surface area contributed by atoms with Crippen LogP contribution in [0.25, 0.3) is 0 Å². The molecule has 2 aromatic rings. The Morgan fingerprint density at radius 3 is 2.31 bits per heavy atom. The molecule has 2 aromatic carbocycles. The molecule has 5 heteroatoms. The van der Waals surface area contributed by atoms with Gasteiger partial charge in [-0.1, -0.05) is 50.2 Å². The normalized spacial score (nSPS) is 14.3. The minimum absolute atomic E-state index is 0.0338. The molecular formula is C24H34N4O. The molecule has 0 bridgehead atoms. The van der Waals surface area contributed by atoms with Crippen LogP contribution in [-0.2, 0) is 13.1 Å². The molecule has 0 spiro atoms. The van der Waals surface area contributed by atoms with Gasteiger partial charge in [0.15, 0.2) is 0 Å². The summed E-state index contributed by atoms with van der Waals surface area (Å²) in [5.41, 5.74) is 5.01. The Kier molecular flexibility index (Phi) is 7.53. The summed E-state index contributed by atoms with van der Waals surface area (Å²) in [4.78, 5) is 19.4. The average molecular weight is 395 g/mol. The lowest BCUT2D eigenvalue weighted by molar-refractivity contribution is 0.194. The first-order valence-corrected chi connectivity index (χ1v) is 10.7. The third-order valence-corrected chi connectivity index (χ3v) is 5.77. The first-order chi connectivity index (χ1) is 14.1. The fraction of sp³-hybridized carbons (Fsp3) is 0.458. The third-order valence-electron chi connectivity index (χ3n) is 5.77. The van der Waals surface area contributed by atoms with Crippen LogP contribution in [0.1, 0.15) is 30.5 Å². The maximum absolute atomic E-state index is 12.7. The number of urea groups is 1. The molecule has 0 unspecified atom stereocenters. The molecule has 1 N–H and O–H groups in total. The second kappa shape index (κ2) is 10.3. The summed E-state index contributed by atoms with van der Waals surface area (Å²) >= 11 is 0. The van der Waals surface area contributed by atoms with E-state index in [1.807, 2.05) is 11.0 Å². The Morgan fingerprint density at radius 1 is 0.966 bits per heavy atom. The van der Waals surface area contributed by atoms with E-state index in [4.69, 9.17) is 0 Å². The highest BCUT2D eigenvalue weighted by Crippen LogP contribution is 2.18. The summed E-state index contributed by atoms with van der Waals surface area (Å²) in [5, 5.41) is 3.13. The van der Waals surface area contributed by atoms with E-state index >= 15 is 0 Å². The molecule has 1 heterocycles. The fourth-order valence-corrected chi connectivity index (χ4v) is 3.85. The molecule has 1 fully saturated rings. The zero-order chi connectivity index (χ0) is 20.6. The Bertz CT molecular complexity index is 795. The van der Waals surface area contributed by atoms with Crippen molar-refractivity contribution in [3.63, 3.8) is 0 Å². The number of carbonyl (C=O) groups excluding carboxylic acids is 1. The Balaban J connectivity index is 1.52. The van der Waals surface area contributed by atoms with Crippen molar-refractivity contribution >= 4 is 11.7 Å². The first-order valence-electron chi connectivity index (χ1n) is 10.7. The van der Waals surface area contributed by atoms with Crippen LogP contribution >= 0.6 is 0 Å². The fourth-order valence-electron chi connectivity index (χ4n) is 3.85. The summed E-state index contributed by atoms with van der Waals surface area (Å²) < 4.78 is 0. The predicted octanol–water partition coefficient (Wildman–Crippen LogP) is 3.87. The predicted molar refractivity (Wildman–Crippen MR) is 120 cm³/mol. The number of rotatable bonds is 7. The van der Waals surface area contributed by atoms with Crippen LogP contribution in [0.4, 0.5) is 10.5 Å². The number of nitrogens with zero attached hydrogens (tertiary/aromatic N) is 3. The highest BCUT2D eigenvalue weighted by Gasteiger charge is 2.21. The molecule has 0 atom stereocenters. The topological polar surface area (TPSA) is 38.8 Å². The van der Waals surface area contributed by atoms with Crippen LogP contribution in [0.2, 0.25) is 0 Å². The van der Waals surface area contributed by atoms with Gasteiger partial charge in [0.1, 0.15) is 0 Å². The van der Waals surface area contributed by atoms with Gasteiger partial charge < -0.3 is 15.1 Å². The van der Waals surface area contributed by atoms with Gasteiger partial charge in [0.2, 0.25) is 0 Å². The zero-order valence-electron chi connectivity index (χ0n) is 18.0. The average Bonchev–Trinajstić information content (AvgIpc) is 2.76. The highest BCUT2D eigenvalue weighted by atomic mass is 16.2. The third kappa shape index (κ3) is 5.73. The van der Waals surface area contributed by atoms with E-state index in [1.165, 1.54) is 22.4 Å². The molecule has 1 aliphatic rings. The second-order valence-corrected chi connectivity index (χ2v) is 7.70. The van der Waals surface area contributed by atoms with Gasteiger partial charge in [-0.3, -0.25) is 4.90 Å². The van der Waals surface area contributed by atoms with Crippen LogP contribution in [0.15, 0.2) is 48.5 Å². The molecule has 5 nitrogen and oxygen atoms in total. The smallest absolute Gasteiger partial charge is 0.317 e. The van der Waals surface area contributed by atoms with E-state index in [9.17, 15) is 4.79 Å². The molecule has 3 rings (SSSR count). The number of aryl methyl sites for hydroxylation is 1. The van der Waals surface area contributed by atoms with Crippen LogP contribution in [-0.4, -0.2) is 55.1 Å². The maximum atomic E-state index is 12.7. The highest BCUT2D eigenvalue weighted by molar-refractivity contribution is 5.74. The minimum atomic E-state index is 0.0338. The Morgan fingerprint density at radius 2 is 1.66 bits per heavy atom. The van der Waals surface area contributed by atoms with Crippen molar-refractivity contribution in [1.29, 1.82) is 0 Å². The number of anilines is 1. The van der Waals surface area contributed by atoms with Gasteiger partial charge in [-0.2, -0.15) is 0 Å². The van der Waals surface area contributed by atoms with Gasteiger partial charge in [-0.25, -0.2) is 4.79 Å². The lowest BCUT2D eigenvalue weighted by atomic mass is 10.1. The standard InChI is InChI=1S/C24H34N4O/c1-4-26(5-2)19-22-11-7-6-10-21(22)18-25-24(29)28-15-13-27(14-16-28)23-12-8-9-20(3)17-23/h6-12,17H,4-5,13-16,18-19H2,1-3H3,(H,25,29). The van der Waals surface area contributed by atoms with Crippen molar-refractivity contribution < 1.29 is 4.79 Å². The van der Waals surface area contributed by atoms with Crippen molar-refractivity contribution in [3.05, 3.63) is 65.2 Å². The van der Waals surface area contributed by atoms with Crippen molar-refractivity contribution in [2.24, 2.45) is 0 Å². The summed E-state index contributed by atoms with van der Waals surface area (Å²) in [6.07, 6.45) is 0. The van der Waals surface area contributed by atoms with Gasteiger partial charge in [0.25, 0.3) is 0 Å². The van der Waals surface area contributed by atoms with Crippen LogP contribution in [0, 0.1) is 6.92 Å². The SMILES string of the molecule is CCN(CC)Cc1ccccc1CNC(=O)N1CCN(c2cccc(C)c2)CC1. The number of hydrogen-bond acceptors (Lipinski definition) is 3. The Hall–Kier alpha value is -2.53. The van der Waals surface area contributed by atoms with Crippen LogP contribution in [0.5, 0.6) is 0 Å². The van der Waals surface area contributed by atoms with Crippen LogP contribution < -0.4 is 10.2 Å². The van der Waals surface area contributed by atoms with Gasteiger partial charge in [-0.15, -0.1) is 0 Å². The van der Waals surface area contributed by atoms with Crippen LogP contribution in [0.3, 0.4) is 0 Å². The molecule has 1 aliphatic heterocycles. The van der Waals surface area contributed by atoms with Crippen molar-refractivity contribution in [1.82, 2.24) is 15.1 Å². The van der Waals surface area contributed by atoms with E-state index in [0.717, 1.165) is 45.8 Å². The molecule has 0 radical (unpaired) electrons. The largest absolute Gasteiger partial charge is 0.368 e. The summed E-state index contributed by atoms with van der Waals surface area (Å²) in [7, 11) is 0. The molecule has 0 saturated carbocycles. The van der Waals surface area contributed by atoms with E-state index in [1.54, 1.807) is 0 Å². The molecule has 156 valence electrons. The monoisotopic (exact) mass is 394 g/mol. The molecular weight excluding hydrogens is 360 g/mol. The second-order valence-electron chi connectivity index (χ2n) is 7.70. The van der Waals surface area contributed by atoms with E-state index in [2.05, 4.69) is 78.4 Å². The first kappa shape index (κ1) is 21.2. The quantitative estimate of drug-likeness (QED) is 0.775. The lowest BCUT2D eigenvalue weighted by Gasteiger charge is -2.36. The van der Waals surface area contributed by atoms with E-state index in [0.29, 0.717) is 6.54 Å². The number of hydrogen-bond donors (Lipinski definition) is 1. The minimum Gasteiger partial charge on any atom is -0.368 e. The van der Waals surface area contributed by atoms with Gasteiger partial charge >= 0.3 is 6.03 Å². The van der Waals surface area contributed by atoms with Gasteiger partial charge in [0.05, 0.1) is 0 Å². The molecule has 29 heavy (non-hydrogen) atoms. The van der Waals surface area contributed by atoms with Crippen molar-refractivity contribution in [3.8, 4) is 0 Å². The molecule has 2 amide bonds. The summed E-state index contributed by atoms with van der Waals surface area (Å²) in [5.74, 6) is 0. The Labute approximate surface area is 175 Å². The van der Waals surface area contributed by atoms with Gasteiger partial charge in [0, 0.05) is 45.0 Å². The number of nitrogens with one attached hydrogen (secondary N) is 1. The summed E-state index contributed by atoms with van der Waals surface area (Å²) in [6.45, 7) is 13.3. The maximum Gasteiger partial charge on any atom is 0.317 e. The lowest BCUT2D eigenvalue weighted by Crippen LogP contribution is -2.51. The van der Waals surface area contributed by atoms with E-state index in [-0.39, 0.29) is 6.03 Å². The van der Waals surface area contributed by atoms with Gasteiger partial charge in [-0.05, 0) is 48.8 Å². The van der Waals surface area contributed by atoms with Crippen molar-refractivity contribution in [2.45, 2.75) is 33.9 Å². The molecule has 1 saturated heterocycles. The number of piperazine rings is 1. The number of carbonyl (C=O) groups is 1. The van der Waals surface area contributed by atoms with Crippen molar-refractivity contribution in [2.75, 3.05) is 44.2 Å². The number of benzene rings is 2. The zero-order valence-corrected chi connectivity index (χ0v) is 18.0. The molecule has 0 aliphatic carbocycles. The molecule has 0 aromatic heterocycles.